The second kappa shape index (κ2) is 5.83. The number of carbonyl (C=O) groups excluding carboxylic acids is 2. The Hall–Kier alpha value is -2.30. The number of ether oxygens (including phenoxy) is 1. The van der Waals surface area contributed by atoms with E-state index in [2.05, 4.69) is 11.9 Å². The highest BCUT2D eigenvalue weighted by atomic mass is 16.6. The highest BCUT2D eigenvalue weighted by Gasteiger charge is 2.49. The Balaban J connectivity index is 2.62. The summed E-state index contributed by atoms with van der Waals surface area (Å²) < 4.78 is 5.20. The molecule has 0 radical (unpaired) electrons. The molecule has 0 atom stereocenters. The molecule has 1 aliphatic heterocycles. The predicted octanol–water partition coefficient (Wildman–Crippen LogP) is 3.98. The van der Waals surface area contributed by atoms with Gasteiger partial charge in [-0.2, -0.15) is 0 Å². The van der Waals surface area contributed by atoms with E-state index >= 15 is 0 Å². The molecule has 1 N–H and O–H groups in total. The summed E-state index contributed by atoms with van der Waals surface area (Å²) in [6.07, 6.45) is 0.415. The molecule has 0 aliphatic carbocycles. The van der Waals surface area contributed by atoms with E-state index in [1.54, 1.807) is 6.92 Å². The van der Waals surface area contributed by atoms with Crippen LogP contribution in [-0.4, -0.2) is 17.5 Å². The molecule has 5 heteroatoms. The first-order valence-corrected chi connectivity index (χ1v) is 7.45. The lowest BCUT2D eigenvalue weighted by atomic mass is 9.86. The van der Waals surface area contributed by atoms with Crippen molar-refractivity contribution in [3.05, 3.63) is 36.1 Å². The van der Waals surface area contributed by atoms with Crippen LogP contribution < -0.4 is 10.2 Å². The quantitative estimate of drug-likeness (QED) is 0.859. The van der Waals surface area contributed by atoms with Gasteiger partial charge >= 0.3 is 6.09 Å². The second-order valence-electron chi connectivity index (χ2n) is 5.62. The van der Waals surface area contributed by atoms with E-state index in [-0.39, 0.29) is 5.91 Å². The highest BCUT2D eigenvalue weighted by Crippen LogP contribution is 2.41. The zero-order valence-electron chi connectivity index (χ0n) is 13.5. The van der Waals surface area contributed by atoms with Crippen LogP contribution in [0.1, 0.15) is 39.2 Å². The van der Waals surface area contributed by atoms with Crippen LogP contribution in [0.25, 0.3) is 0 Å². The van der Waals surface area contributed by atoms with Crippen molar-refractivity contribution in [1.29, 1.82) is 0 Å². The summed E-state index contributed by atoms with van der Waals surface area (Å²) in [6, 6.07) is 5.60. The molecular weight excluding hydrogens is 280 g/mol. The van der Waals surface area contributed by atoms with Crippen LogP contribution in [0.15, 0.2) is 30.5 Å². The lowest BCUT2D eigenvalue weighted by molar-refractivity contribution is -0.121. The summed E-state index contributed by atoms with van der Waals surface area (Å²) in [5.74, 6) is 0.111. The number of aryl methyl sites for hydroxylation is 1. The van der Waals surface area contributed by atoms with Crippen molar-refractivity contribution in [2.45, 2.75) is 46.1 Å². The van der Waals surface area contributed by atoms with Crippen LogP contribution in [0, 0.1) is 6.92 Å². The zero-order chi connectivity index (χ0) is 16.5. The molecular formula is C17H22N2O3. The summed E-state index contributed by atoms with van der Waals surface area (Å²) in [4.78, 5) is 26.7. The molecule has 0 spiro atoms. The highest BCUT2D eigenvalue weighted by molar-refractivity contribution is 6.13. The van der Waals surface area contributed by atoms with Crippen molar-refractivity contribution < 1.29 is 14.3 Å². The van der Waals surface area contributed by atoms with E-state index in [0.717, 1.165) is 5.56 Å². The second-order valence-corrected chi connectivity index (χ2v) is 5.62. The minimum Gasteiger partial charge on any atom is -0.415 e. The fourth-order valence-electron chi connectivity index (χ4n) is 2.87. The Kier molecular flexibility index (Phi) is 4.26. The van der Waals surface area contributed by atoms with Gasteiger partial charge in [0.25, 0.3) is 5.91 Å². The van der Waals surface area contributed by atoms with E-state index in [1.165, 1.54) is 4.90 Å². The van der Waals surface area contributed by atoms with Crippen LogP contribution in [0.5, 0.6) is 0 Å². The SMILES string of the molecule is C=C(C)OC(=O)N1c2ccc(C)cc2NC(=O)C1(CC)CC. The third kappa shape index (κ3) is 2.47. The molecule has 0 bridgehead atoms. The normalized spacial score (nSPS) is 15.8. The Morgan fingerprint density at radius 1 is 1.36 bits per heavy atom. The summed E-state index contributed by atoms with van der Waals surface area (Å²) >= 11 is 0. The van der Waals surface area contributed by atoms with Gasteiger partial charge in [0.15, 0.2) is 0 Å². The Labute approximate surface area is 130 Å². The summed E-state index contributed by atoms with van der Waals surface area (Å²) in [5, 5.41) is 2.92. The summed E-state index contributed by atoms with van der Waals surface area (Å²) in [5.41, 5.74) is 1.34. The van der Waals surface area contributed by atoms with Crippen molar-refractivity contribution in [3.8, 4) is 0 Å². The minimum absolute atomic E-state index is 0.186. The first-order chi connectivity index (χ1) is 10.4. The van der Waals surface area contributed by atoms with Crippen molar-refractivity contribution in [2.75, 3.05) is 10.2 Å². The number of anilines is 2. The van der Waals surface area contributed by atoms with Gasteiger partial charge in [-0.1, -0.05) is 26.5 Å². The van der Waals surface area contributed by atoms with Crippen molar-refractivity contribution in [3.63, 3.8) is 0 Å². The van der Waals surface area contributed by atoms with E-state index in [0.29, 0.717) is 30.0 Å². The van der Waals surface area contributed by atoms with Crippen molar-refractivity contribution >= 4 is 23.4 Å². The average Bonchev–Trinajstić information content (AvgIpc) is 2.45. The number of benzene rings is 1. The van der Waals surface area contributed by atoms with Gasteiger partial charge in [0.05, 0.1) is 17.1 Å². The maximum Gasteiger partial charge on any atom is 0.420 e. The molecule has 0 fully saturated rings. The van der Waals surface area contributed by atoms with Gasteiger partial charge in [-0.3, -0.25) is 9.69 Å². The van der Waals surface area contributed by atoms with Crippen LogP contribution in [0.3, 0.4) is 0 Å². The number of allylic oxidation sites excluding steroid dienone is 1. The van der Waals surface area contributed by atoms with E-state index in [9.17, 15) is 9.59 Å². The standard InChI is InChI=1S/C17H22N2O3/c1-6-17(7-2)15(20)18-13-10-12(5)8-9-14(13)19(17)16(21)22-11(3)4/h8-10H,3,6-7H2,1-2,4-5H3,(H,18,20). The van der Waals surface area contributed by atoms with Gasteiger partial charge in [-0.05, 0) is 44.4 Å². The number of nitrogens with zero attached hydrogens (tertiary/aromatic N) is 1. The van der Waals surface area contributed by atoms with Crippen LogP contribution in [0.4, 0.5) is 16.2 Å². The van der Waals surface area contributed by atoms with Crippen LogP contribution >= 0.6 is 0 Å². The fraction of sp³-hybridized carbons (Fsp3) is 0.412. The Bertz CT molecular complexity index is 633. The smallest absolute Gasteiger partial charge is 0.415 e. The molecule has 0 unspecified atom stereocenters. The van der Waals surface area contributed by atoms with Gasteiger partial charge in [0.2, 0.25) is 0 Å². The van der Waals surface area contributed by atoms with Gasteiger partial charge in [0.1, 0.15) is 5.54 Å². The molecule has 1 aliphatic rings. The molecule has 118 valence electrons. The summed E-state index contributed by atoms with van der Waals surface area (Å²) in [7, 11) is 0. The number of hydrogen-bond acceptors (Lipinski definition) is 3. The first-order valence-electron chi connectivity index (χ1n) is 7.45. The monoisotopic (exact) mass is 302 g/mol. The van der Waals surface area contributed by atoms with E-state index in [1.807, 2.05) is 39.0 Å². The largest absolute Gasteiger partial charge is 0.420 e. The Morgan fingerprint density at radius 3 is 2.55 bits per heavy atom. The topological polar surface area (TPSA) is 58.6 Å². The number of hydrogen-bond donors (Lipinski definition) is 1. The fourth-order valence-corrected chi connectivity index (χ4v) is 2.87. The molecule has 1 heterocycles. The van der Waals surface area contributed by atoms with Crippen molar-refractivity contribution in [1.82, 2.24) is 0 Å². The van der Waals surface area contributed by atoms with Crippen molar-refractivity contribution in [2.24, 2.45) is 0 Å². The molecule has 1 aromatic rings. The number of amides is 2. The molecule has 0 saturated carbocycles. The summed E-state index contributed by atoms with van der Waals surface area (Å²) in [6.45, 7) is 10.9. The average molecular weight is 302 g/mol. The number of rotatable bonds is 3. The maximum absolute atomic E-state index is 12.7. The third-order valence-electron chi connectivity index (χ3n) is 4.11. The third-order valence-corrected chi connectivity index (χ3v) is 4.11. The van der Waals surface area contributed by atoms with Crippen LogP contribution in [0.2, 0.25) is 0 Å². The first kappa shape index (κ1) is 16.1. The molecule has 5 nitrogen and oxygen atoms in total. The zero-order valence-corrected chi connectivity index (χ0v) is 13.5. The lowest BCUT2D eigenvalue weighted by Gasteiger charge is -2.44. The molecule has 2 amide bonds. The molecule has 1 aromatic carbocycles. The molecule has 0 aromatic heterocycles. The van der Waals surface area contributed by atoms with Gasteiger partial charge in [0, 0.05) is 0 Å². The number of fused-ring (bicyclic) bond motifs is 1. The van der Waals surface area contributed by atoms with Gasteiger partial charge in [-0.15, -0.1) is 0 Å². The van der Waals surface area contributed by atoms with Gasteiger partial charge < -0.3 is 10.1 Å². The minimum atomic E-state index is -0.950. The predicted molar refractivity (Wildman–Crippen MR) is 86.9 cm³/mol. The van der Waals surface area contributed by atoms with Crippen LogP contribution in [-0.2, 0) is 9.53 Å². The number of nitrogens with one attached hydrogen (secondary N) is 1. The molecule has 22 heavy (non-hydrogen) atoms. The maximum atomic E-state index is 12.7. The van der Waals surface area contributed by atoms with Gasteiger partial charge in [-0.25, -0.2) is 4.79 Å². The molecule has 0 saturated heterocycles. The molecule has 2 rings (SSSR count). The lowest BCUT2D eigenvalue weighted by Crippen LogP contribution is -2.61. The van der Waals surface area contributed by atoms with E-state index < -0.39 is 11.6 Å². The Morgan fingerprint density at radius 2 is 2.00 bits per heavy atom. The number of carbonyl (C=O) groups is 2. The van der Waals surface area contributed by atoms with E-state index in [4.69, 9.17) is 4.74 Å².